The third-order valence-corrected chi connectivity index (χ3v) is 3.81. The zero-order valence-corrected chi connectivity index (χ0v) is 13.5. The second kappa shape index (κ2) is 6.73. The van der Waals surface area contributed by atoms with Crippen LogP contribution in [0.5, 0.6) is 5.75 Å². The molecule has 112 valence electrons. The lowest BCUT2D eigenvalue weighted by Crippen LogP contribution is -2.29. The van der Waals surface area contributed by atoms with Gasteiger partial charge in [-0.25, -0.2) is 8.78 Å². The van der Waals surface area contributed by atoms with Crippen LogP contribution < -0.4 is 10.5 Å². The fraction of sp³-hybridized carbons (Fsp3) is 0.200. The van der Waals surface area contributed by atoms with E-state index in [4.69, 9.17) is 22.1 Å². The van der Waals surface area contributed by atoms with E-state index in [9.17, 15) is 8.78 Å². The summed E-state index contributed by atoms with van der Waals surface area (Å²) in [6.07, 6.45) is -0.539. The van der Waals surface area contributed by atoms with Crippen LogP contribution in [0.15, 0.2) is 40.9 Å². The first-order valence-corrected chi connectivity index (χ1v) is 7.38. The Labute approximate surface area is 135 Å². The summed E-state index contributed by atoms with van der Waals surface area (Å²) in [7, 11) is 0. The van der Waals surface area contributed by atoms with Crippen LogP contribution in [-0.4, -0.2) is 6.04 Å². The maximum Gasteiger partial charge on any atom is 0.145 e. The van der Waals surface area contributed by atoms with Gasteiger partial charge in [-0.2, -0.15) is 0 Å². The average Bonchev–Trinajstić information content (AvgIpc) is 2.42. The van der Waals surface area contributed by atoms with Gasteiger partial charge in [-0.3, -0.25) is 0 Å². The Balaban J connectivity index is 2.33. The minimum atomic E-state index is -0.586. The van der Waals surface area contributed by atoms with Gasteiger partial charge in [0.25, 0.3) is 0 Å². The number of rotatable bonds is 4. The Hall–Kier alpha value is -1.17. The summed E-state index contributed by atoms with van der Waals surface area (Å²) in [5, 5.41) is -0.00615. The van der Waals surface area contributed by atoms with Gasteiger partial charge in [-0.15, -0.1) is 0 Å². The molecule has 0 fully saturated rings. The average molecular weight is 377 g/mol. The molecule has 2 aromatic rings. The first kappa shape index (κ1) is 16.2. The Bertz CT molecular complexity index is 634. The highest BCUT2D eigenvalue weighted by atomic mass is 79.9. The van der Waals surface area contributed by atoms with Crippen molar-refractivity contribution in [1.82, 2.24) is 0 Å². The number of ether oxygens (including phenoxy) is 1. The minimum Gasteiger partial charge on any atom is -0.483 e. The first-order chi connectivity index (χ1) is 9.88. The summed E-state index contributed by atoms with van der Waals surface area (Å²) in [5.74, 6) is -0.651. The van der Waals surface area contributed by atoms with Gasteiger partial charge < -0.3 is 10.5 Å². The SMILES string of the molecule is CC(N)C(Oc1cc(F)c(Cl)cc1Br)c1ccc(F)cc1. The standard InChI is InChI=1S/C15H13BrClF2NO/c1-8(20)15(9-2-4-10(18)5-3-9)21-14-7-13(19)12(17)6-11(14)16/h2-8,15H,20H2,1H3. The molecular weight excluding hydrogens is 364 g/mol. The van der Waals surface area contributed by atoms with E-state index in [1.165, 1.54) is 24.3 Å². The predicted octanol–water partition coefficient (Wildman–Crippen LogP) is 4.85. The summed E-state index contributed by atoms with van der Waals surface area (Å²) in [4.78, 5) is 0. The van der Waals surface area contributed by atoms with E-state index in [0.717, 1.165) is 0 Å². The largest absolute Gasteiger partial charge is 0.483 e. The van der Waals surface area contributed by atoms with Crippen molar-refractivity contribution in [2.24, 2.45) is 5.73 Å². The van der Waals surface area contributed by atoms with Gasteiger partial charge in [0, 0.05) is 12.1 Å². The van der Waals surface area contributed by atoms with Gasteiger partial charge in [0.05, 0.1) is 9.50 Å². The van der Waals surface area contributed by atoms with E-state index >= 15 is 0 Å². The van der Waals surface area contributed by atoms with Crippen LogP contribution in [0.3, 0.4) is 0 Å². The molecule has 0 amide bonds. The molecule has 0 saturated heterocycles. The molecule has 0 aromatic heterocycles. The van der Waals surface area contributed by atoms with Crippen molar-refractivity contribution in [1.29, 1.82) is 0 Å². The van der Waals surface area contributed by atoms with Crippen LogP contribution in [0.2, 0.25) is 5.02 Å². The molecule has 2 rings (SSSR count). The smallest absolute Gasteiger partial charge is 0.145 e. The number of hydrogen-bond acceptors (Lipinski definition) is 2. The molecule has 0 saturated carbocycles. The fourth-order valence-electron chi connectivity index (χ4n) is 1.86. The van der Waals surface area contributed by atoms with Crippen LogP contribution in [0, 0.1) is 11.6 Å². The van der Waals surface area contributed by atoms with Crippen molar-refractivity contribution in [3.63, 3.8) is 0 Å². The van der Waals surface area contributed by atoms with Gasteiger partial charge in [-0.1, -0.05) is 23.7 Å². The molecule has 0 heterocycles. The topological polar surface area (TPSA) is 35.2 Å². The van der Waals surface area contributed by atoms with E-state index in [0.29, 0.717) is 10.0 Å². The molecule has 2 aromatic carbocycles. The number of halogens is 4. The zero-order valence-electron chi connectivity index (χ0n) is 11.1. The van der Waals surface area contributed by atoms with E-state index in [-0.39, 0.29) is 22.6 Å². The van der Waals surface area contributed by atoms with Crippen molar-refractivity contribution in [3.8, 4) is 5.75 Å². The van der Waals surface area contributed by atoms with Crippen LogP contribution in [0.1, 0.15) is 18.6 Å². The molecule has 0 bridgehead atoms. The van der Waals surface area contributed by atoms with E-state index in [2.05, 4.69) is 15.9 Å². The minimum absolute atomic E-state index is 0.00615. The van der Waals surface area contributed by atoms with E-state index in [1.807, 2.05) is 0 Å². The normalized spacial score (nSPS) is 13.8. The molecule has 2 N–H and O–H groups in total. The van der Waals surface area contributed by atoms with Crippen LogP contribution in [0.25, 0.3) is 0 Å². The lowest BCUT2D eigenvalue weighted by atomic mass is 10.0. The Morgan fingerprint density at radius 1 is 1.19 bits per heavy atom. The van der Waals surface area contributed by atoms with Gasteiger partial charge in [0.2, 0.25) is 0 Å². The zero-order chi connectivity index (χ0) is 15.6. The molecule has 6 heteroatoms. The highest BCUT2D eigenvalue weighted by Gasteiger charge is 2.20. The van der Waals surface area contributed by atoms with Gasteiger partial charge >= 0.3 is 0 Å². The molecular formula is C15H13BrClF2NO. The summed E-state index contributed by atoms with van der Waals surface area (Å²) in [6.45, 7) is 1.76. The third-order valence-electron chi connectivity index (χ3n) is 2.90. The van der Waals surface area contributed by atoms with Gasteiger partial charge in [-0.05, 0) is 46.6 Å². The Morgan fingerprint density at radius 3 is 2.38 bits per heavy atom. The Morgan fingerprint density at radius 2 is 1.81 bits per heavy atom. The fourth-order valence-corrected chi connectivity index (χ4v) is 2.60. The highest BCUT2D eigenvalue weighted by Crippen LogP contribution is 2.34. The van der Waals surface area contributed by atoms with Crippen LogP contribution in [-0.2, 0) is 0 Å². The van der Waals surface area contributed by atoms with Crippen LogP contribution in [0.4, 0.5) is 8.78 Å². The van der Waals surface area contributed by atoms with E-state index < -0.39 is 11.9 Å². The molecule has 2 unspecified atom stereocenters. The summed E-state index contributed by atoms with van der Waals surface area (Å²) in [6, 6.07) is 8.05. The molecule has 2 nitrogen and oxygen atoms in total. The molecule has 0 radical (unpaired) electrons. The van der Waals surface area contributed by atoms with Crippen molar-refractivity contribution in [2.75, 3.05) is 0 Å². The maximum absolute atomic E-state index is 13.6. The van der Waals surface area contributed by atoms with Crippen molar-refractivity contribution in [2.45, 2.75) is 19.1 Å². The molecule has 2 atom stereocenters. The summed E-state index contributed by atoms with van der Waals surface area (Å²) in [5.41, 5.74) is 6.62. The molecule has 0 aliphatic rings. The van der Waals surface area contributed by atoms with Crippen LogP contribution >= 0.6 is 27.5 Å². The Kier molecular flexibility index (Phi) is 5.19. The third kappa shape index (κ3) is 3.93. The summed E-state index contributed by atoms with van der Waals surface area (Å²) >= 11 is 8.96. The summed E-state index contributed by atoms with van der Waals surface area (Å²) < 4.78 is 32.8. The molecule has 21 heavy (non-hydrogen) atoms. The predicted molar refractivity (Wildman–Crippen MR) is 82.5 cm³/mol. The van der Waals surface area contributed by atoms with Crippen molar-refractivity contribution < 1.29 is 13.5 Å². The lowest BCUT2D eigenvalue weighted by molar-refractivity contribution is 0.178. The molecule has 0 aliphatic heterocycles. The number of hydrogen-bond donors (Lipinski definition) is 1. The second-order valence-electron chi connectivity index (χ2n) is 4.65. The van der Waals surface area contributed by atoms with Crippen molar-refractivity contribution in [3.05, 3.63) is 63.1 Å². The van der Waals surface area contributed by atoms with Gasteiger partial charge in [0.1, 0.15) is 23.5 Å². The maximum atomic E-state index is 13.6. The van der Waals surface area contributed by atoms with Crippen molar-refractivity contribution >= 4 is 27.5 Å². The van der Waals surface area contributed by atoms with E-state index in [1.54, 1.807) is 19.1 Å². The first-order valence-electron chi connectivity index (χ1n) is 6.20. The number of benzene rings is 2. The molecule has 0 spiro atoms. The number of nitrogens with two attached hydrogens (primary N) is 1. The monoisotopic (exact) mass is 375 g/mol. The molecule has 0 aliphatic carbocycles. The highest BCUT2D eigenvalue weighted by molar-refractivity contribution is 9.10. The lowest BCUT2D eigenvalue weighted by Gasteiger charge is -2.23. The second-order valence-corrected chi connectivity index (χ2v) is 5.91. The quantitative estimate of drug-likeness (QED) is 0.774. The van der Waals surface area contributed by atoms with Gasteiger partial charge in [0.15, 0.2) is 0 Å².